The Morgan fingerprint density at radius 3 is 2.68 bits per heavy atom. The maximum absolute atomic E-state index is 11.5. The van der Waals surface area contributed by atoms with E-state index in [9.17, 15) is 13.5 Å². The molecule has 1 aliphatic rings. The third-order valence-corrected chi connectivity index (χ3v) is 6.06. The summed E-state index contributed by atoms with van der Waals surface area (Å²) in [5.74, 6) is 0.298. The average molecular weight is 323 g/mol. The van der Waals surface area contributed by atoms with Crippen molar-refractivity contribution in [3.05, 3.63) is 33.8 Å². The summed E-state index contributed by atoms with van der Waals surface area (Å²) in [6, 6.07) is 5.20. The van der Waals surface area contributed by atoms with E-state index in [4.69, 9.17) is 23.2 Å². The van der Waals surface area contributed by atoms with Gasteiger partial charge < -0.3 is 5.11 Å². The summed E-state index contributed by atoms with van der Waals surface area (Å²) < 4.78 is 23.0. The molecule has 3 nitrogen and oxygen atoms in total. The van der Waals surface area contributed by atoms with Crippen LogP contribution in [0.2, 0.25) is 10.0 Å². The predicted octanol–water partition coefficient (Wildman–Crippen LogP) is 2.58. The molecule has 6 heteroatoms. The van der Waals surface area contributed by atoms with Gasteiger partial charge in [-0.3, -0.25) is 0 Å². The van der Waals surface area contributed by atoms with Crippen LogP contribution in [-0.4, -0.2) is 31.6 Å². The Morgan fingerprint density at radius 1 is 1.37 bits per heavy atom. The summed E-state index contributed by atoms with van der Waals surface area (Å²) in [4.78, 5) is 0. The topological polar surface area (TPSA) is 54.4 Å². The van der Waals surface area contributed by atoms with Crippen molar-refractivity contribution in [2.45, 2.75) is 12.8 Å². The number of hydrogen-bond acceptors (Lipinski definition) is 3. The van der Waals surface area contributed by atoms with Gasteiger partial charge in [0.05, 0.1) is 11.5 Å². The number of aliphatic hydroxyl groups is 1. The molecule has 1 N–H and O–H groups in total. The van der Waals surface area contributed by atoms with E-state index in [0.29, 0.717) is 22.9 Å². The second-order valence-corrected chi connectivity index (χ2v) is 8.12. The highest BCUT2D eigenvalue weighted by molar-refractivity contribution is 7.91. The van der Waals surface area contributed by atoms with Crippen molar-refractivity contribution in [3.63, 3.8) is 0 Å². The first-order valence-electron chi connectivity index (χ1n) is 6.16. The molecule has 2 unspecified atom stereocenters. The maximum atomic E-state index is 11.5. The third-order valence-electron chi connectivity index (χ3n) is 3.66. The Morgan fingerprint density at radius 2 is 2.11 bits per heavy atom. The number of halogens is 2. The number of rotatable bonds is 4. The molecule has 0 bridgehead atoms. The summed E-state index contributed by atoms with van der Waals surface area (Å²) >= 11 is 12.0. The monoisotopic (exact) mass is 322 g/mol. The molecule has 0 saturated carbocycles. The van der Waals surface area contributed by atoms with Crippen LogP contribution in [0.15, 0.2) is 18.2 Å². The Hall–Kier alpha value is -0.290. The number of aliphatic hydroxyl groups excluding tert-OH is 1. The quantitative estimate of drug-likeness (QED) is 0.926. The van der Waals surface area contributed by atoms with Gasteiger partial charge in [-0.1, -0.05) is 23.2 Å². The summed E-state index contributed by atoms with van der Waals surface area (Å²) in [6.45, 7) is -0.0387. The molecule has 1 saturated heterocycles. The van der Waals surface area contributed by atoms with E-state index in [1.165, 1.54) is 0 Å². The molecule has 2 atom stereocenters. The lowest BCUT2D eigenvalue weighted by molar-refractivity contribution is 0.184. The molecule has 2 rings (SSSR count). The molecule has 1 heterocycles. The van der Waals surface area contributed by atoms with E-state index in [-0.39, 0.29) is 29.9 Å². The van der Waals surface area contributed by atoms with Gasteiger partial charge >= 0.3 is 0 Å². The summed E-state index contributed by atoms with van der Waals surface area (Å²) in [7, 11) is -2.93. The zero-order valence-electron chi connectivity index (χ0n) is 10.4. The van der Waals surface area contributed by atoms with Crippen LogP contribution in [0.4, 0.5) is 0 Å². The Balaban J connectivity index is 2.13. The molecule has 0 radical (unpaired) electrons. The second kappa shape index (κ2) is 6.00. The van der Waals surface area contributed by atoms with Crippen molar-refractivity contribution in [3.8, 4) is 0 Å². The van der Waals surface area contributed by atoms with Crippen LogP contribution in [-0.2, 0) is 16.3 Å². The summed E-state index contributed by atoms with van der Waals surface area (Å²) in [5, 5.41) is 10.7. The summed E-state index contributed by atoms with van der Waals surface area (Å²) in [5.41, 5.74) is 0.859. The van der Waals surface area contributed by atoms with E-state index in [2.05, 4.69) is 0 Å². The van der Waals surface area contributed by atoms with Gasteiger partial charge in [-0.15, -0.1) is 0 Å². The molecular formula is C13H16Cl2O3S. The van der Waals surface area contributed by atoms with E-state index in [0.717, 1.165) is 5.56 Å². The first-order chi connectivity index (χ1) is 8.91. The van der Waals surface area contributed by atoms with Crippen LogP contribution in [0.1, 0.15) is 12.0 Å². The highest BCUT2D eigenvalue weighted by atomic mass is 35.5. The van der Waals surface area contributed by atoms with E-state index in [1.807, 2.05) is 0 Å². The minimum atomic E-state index is -2.93. The molecule has 0 amide bonds. The fourth-order valence-corrected chi connectivity index (χ4v) is 4.87. The third kappa shape index (κ3) is 3.85. The first-order valence-corrected chi connectivity index (χ1v) is 8.74. The van der Waals surface area contributed by atoms with E-state index >= 15 is 0 Å². The van der Waals surface area contributed by atoms with Crippen molar-refractivity contribution in [1.82, 2.24) is 0 Å². The fourth-order valence-electron chi connectivity index (χ4n) is 2.56. The number of benzene rings is 1. The van der Waals surface area contributed by atoms with Gasteiger partial charge in [0.1, 0.15) is 0 Å². The zero-order valence-corrected chi connectivity index (χ0v) is 12.7. The predicted molar refractivity (Wildman–Crippen MR) is 77.5 cm³/mol. The van der Waals surface area contributed by atoms with Gasteiger partial charge in [0.2, 0.25) is 0 Å². The van der Waals surface area contributed by atoms with Gasteiger partial charge in [0.25, 0.3) is 0 Å². The van der Waals surface area contributed by atoms with Crippen LogP contribution in [0.5, 0.6) is 0 Å². The van der Waals surface area contributed by atoms with Crippen molar-refractivity contribution < 1.29 is 13.5 Å². The number of hydrogen-bond donors (Lipinski definition) is 1. The normalized spacial score (nSPS) is 23.4. The maximum Gasteiger partial charge on any atom is 0.150 e. The van der Waals surface area contributed by atoms with Crippen molar-refractivity contribution >= 4 is 33.0 Å². The van der Waals surface area contributed by atoms with Gasteiger partial charge in [0.15, 0.2) is 9.84 Å². The fraction of sp³-hybridized carbons (Fsp3) is 0.538. The molecule has 0 spiro atoms. The first kappa shape index (κ1) is 15.1. The Bertz CT molecular complexity index is 557. The highest BCUT2D eigenvalue weighted by Gasteiger charge is 2.33. The number of sulfone groups is 1. The smallest absolute Gasteiger partial charge is 0.150 e. The van der Waals surface area contributed by atoms with E-state index in [1.54, 1.807) is 18.2 Å². The molecular weight excluding hydrogens is 307 g/mol. The van der Waals surface area contributed by atoms with Gasteiger partial charge in [0, 0.05) is 16.7 Å². The Kier molecular flexibility index (Phi) is 4.77. The minimum absolute atomic E-state index is 0.00467. The van der Waals surface area contributed by atoms with Crippen LogP contribution >= 0.6 is 23.2 Å². The van der Waals surface area contributed by atoms with Crippen LogP contribution < -0.4 is 0 Å². The standard InChI is InChI=1S/C13H16Cl2O3S/c14-12-1-2-13(15)10(6-12)5-11(7-16)9-3-4-19(17,18)8-9/h1-2,6,9,11,16H,3-5,7-8H2. The van der Waals surface area contributed by atoms with Crippen LogP contribution in [0.25, 0.3) is 0 Å². The van der Waals surface area contributed by atoms with E-state index < -0.39 is 9.84 Å². The van der Waals surface area contributed by atoms with Gasteiger partial charge in [-0.05, 0) is 48.4 Å². The Labute approximate surface area is 123 Å². The molecule has 0 aliphatic carbocycles. The minimum Gasteiger partial charge on any atom is -0.396 e. The molecule has 106 valence electrons. The van der Waals surface area contributed by atoms with Crippen molar-refractivity contribution in [2.75, 3.05) is 18.1 Å². The molecule has 1 aromatic rings. The highest BCUT2D eigenvalue weighted by Crippen LogP contribution is 2.31. The molecule has 1 fully saturated rings. The average Bonchev–Trinajstić information content (AvgIpc) is 2.70. The van der Waals surface area contributed by atoms with Gasteiger partial charge in [-0.2, -0.15) is 0 Å². The molecule has 1 aliphatic heterocycles. The van der Waals surface area contributed by atoms with Gasteiger partial charge in [-0.25, -0.2) is 8.42 Å². The largest absolute Gasteiger partial charge is 0.396 e. The molecule has 1 aromatic carbocycles. The molecule has 0 aromatic heterocycles. The zero-order chi connectivity index (χ0) is 14.0. The molecule has 19 heavy (non-hydrogen) atoms. The summed E-state index contributed by atoms with van der Waals surface area (Å²) in [6.07, 6.45) is 1.17. The van der Waals surface area contributed by atoms with Crippen molar-refractivity contribution in [2.24, 2.45) is 11.8 Å². The lowest BCUT2D eigenvalue weighted by Crippen LogP contribution is -2.22. The lowest BCUT2D eigenvalue weighted by Gasteiger charge is -2.20. The lowest BCUT2D eigenvalue weighted by atomic mass is 9.87. The van der Waals surface area contributed by atoms with Crippen LogP contribution in [0.3, 0.4) is 0 Å². The SMILES string of the molecule is O=S1(=O)CCC(C(CO)Cc2cc(Cl)ccc2Cl)C1. The van der Waals surface area contributed by atoms with Crippen LogP contribution in [0, 0.1) is 11.8 Å². The van der Waals surface area contributed by atoms with Crippen molar-refractivity contribution in [1.29, 1.82) is 0 Å². The second-order valence-electron chi connectivity index (χ2n) is 5.05.